The lowest BCUT2D eigenvalue weighted by Crippen LogP contribution is -2.41. The zero-order valence-electron chi connectivity index (χ0n) is 16.4. The normalized spacial score (nSPS) is 15.1. The first-order valence-electron chi connectivity index (χ1n) is 9.64. The van der Waals surface area contributed by atoms with Crippen molar-refractivity contribution in [3.8, 4) is 0 Å². The van der Waals surface area contributed by atoms with Crippen LogP contribution in [0.2, 0.25) is 0 Å². The summed E-state index contributed by atoms with van der Waals surface area (Å²) in [6.07, 6.45) is 8.53. The van der Waals surface area contributed by atoms with Gasteiger partial charge >= 0.3 is 0 Å². The number of nitrogens with zero attached hydrogens (tertiary/aromatic N) is 2. The summed E-state index contributed by atoms with van der Waals surface area (Å²) in [6, 6.07) is 0.169. The van der Waals surface area contributed by atoms with E-state index in [1.807, 2.05) is 0 Å². The molecule has 1 saturated carbocycles. The third-order valence-corrected chi connectivity index (χ3v) is 4.91. The fraction of sp³-hybridized carbons (Fsp3) is 0.650. The Morgan fingerprint density at radius 1 is 1.19 bits per heavy atom. The molecule has 0 radical (unpaired) electrons. The maximum atomic E-state index is 13.0. The monoisotopic (exact) mass is 361 g/mol. The van der Waals surface area contributed by atoms with Gasteiger partial charge in [0.2, 0.25) is 5.43 Å². The molecule has 26 heavy (non-hydrogen) atoms. The van der Waals surface area contributed by atoms with Crippen LogP contribution in [-0.2, 0) is 6.54 Å². The van der Waals surface area contributed by atoms with Crippen LogP contribution < -0.4 is 10.7 Å². The highest BCUT2D eigenvalue weighted by Crippen LogP contribution is 2.22. The molecule has 1 heterocycles. The molecule has 1 N–H and O–H groups in total. The average Bonchev–Trinajstić information content (AvgIpc) is 2.62. The molecule has 0 saturated heterocycles. The van der Waals surface area contributed by atoms with E-state index >= 15 is 0 Å². The Morgan fingerprint density at radius 2 is 1.81 bits per heavy atom. The second kappa shape index (κ2) is 9.01. The molecule has 2 rings (SSSR count). The molecule has 2 amide bonds. The second-order valence-electron chi connectivity index (χ2n) is 7.57. The number of carbonyl (C=O) groups excluding carboxylic acids is 2. The van der Waals surface area contributed by atoms with E-state index in [1.54, 1.807) is 35.8 Å². The predicted octanol–water partition coefficient (Wildman–Crippen LogP) is 2.66. The van der Waals surface area contributed by atoms with Crippen LogP contribution in [-0.4, -0.2) is 40.9 Å². The summed E-state index contributed by atoms with van der Waals surface area (Å²) in [5, 5.41) is 2.66. The van der Waals surface area contributed by atoms with Crippen LogP contribution in [0.4, 0.5) is 0 Å². The summed E-state index contributed by atoms with van der Waals surface area (Å²) in [5.41, 5.74) is -0.360. The minimum Gasteiger partial charge on any atom is -0.352 e. The van der Waals surface area contributed by atoms with Crippen molar-refractivity contribution >= 4 is 11.8 Å². The van der Waals surface area contributed by atoms with E-state index in [0.717, 1.165) is 25.7 Å². The van der Waals surface area contributed by atoms with Gasteiger partial charge in [-0.2, -0.15) is 0 Å². The molecule has 0 aliphatic heterocycles. The Balaban J connectivity index is 2.41. The lowest BCUT2D eigenvalue weighted by atomic mass is 9.94. The first-order valence-corrected chi connectivity index (χ1v) is 9.64. The number of hydrogen-bond acceptors (Lipinski definition) is 3. The van der Waals surface area contributed by atoms with Gasteiger partial charge in [-0.15, -0.1) is 0 Å². The van der Waals surface area contributed by atoms with Crippen LogP contribution in [0.1, 0.15) is 73.6 Å². The summed E-state index contributed by atoms with van der Waals surface area (Å²) in [4.78, 5) is 39.8. The highest BCUT2D eigenvalue weighted by Gasteiger charge is 2.26. The Kier molecular flexibility index (Phi) is 7.00. The number of pyridine rings is 1. The molecule has 1 aliphatic carbocycles. The molecule has 6 heteroatoms. The second-order valence-corrected chi connectivity index (χ2v) is 7.57. The number of carbonyl (C=O) groups is 2. The minimum atomic E-state index is -0.483. The van der Waals surface area contributed by atoms with E-state index in [1.165, 1.54) is 6.42 Å². The maximum absolute atomic E-state index is 13.0. The van der Waals surface area contributed by atoms with Gasteiger partial charge in [0, 0.05) is 38.6 Å². The SMILES string of the molecule is CCNC(=O)c1cn(CC(C)C)cc(C(=O)N(C)C2CCCCC2)c1=O. The van der Waals surface area contributed by atoms with Crippen LogP contribution in [0.15, 0.2) is 17.2 Å². The van der Waals surface area contributed by atoms with E-state index in [2.05, 4.69) is 19.2 Å². The molecule has 0 aromatic carbocycles. The van der Waals surface area contributed by atoms with Crippen molar-refractivity contribution in [1.82, 2.24) is 14.8 Å². The van der Waals surface area contributed by atoms with Gasteiger partial charge in [0.1, 0.15) is 11.1 Å². The van der Waals surface area contributed by atoms with Crippen LogP contribution in [0.5, 0.6) is 0 Å². The van der Waals surface area contributed by atoms with Crippen LogP contribution >= 0.6 is 0 Å². The highest BCUT2D eigenvalue weighted by atomic mass is 16.2. The largest absolute Gasteiger partial charge is 0.352 e. The zero-order valence-corrected chi connectivity index (χ0v) is 16.4. The summed E-state index contributed by atoms with van der Waals surface area (Å²) < 4.78 is 1.79. The van der Waals surface area contributed by atoms with Gasteiger partial charge in [0.15, 0.2) is 0 Å². The zero-order chi connectivity index (χ0) is 19.3. The van der Waals surface area contributed by atoms with Crippen molar-refractivity contribution in [3.05, 3.63) is 33.7 Å². The molecule has 1 aromatic rings. The number of aromatic nitrogens is 1. The smallest absolute Gasteiger partial charge is 0.259 e. The fourth-order valence-corrected chi connectivity index (χ4v) is 3.55. The number of amides is 2. The van der Waals surface area contributed by atoms with Crippen LogP contribution in [0.3, 0.4) is 0 Å². The maximum Gasteiger partial charge on any atom is 0.259 e. The third-order valence-electron chi connectivity index (χ3n) is 4.91. The number of hydrogen-bond donors (Lipinski definition) is 1. The van der Waals surface area contributed by atoms with E-state index in [9.17, 15) is 14.4 Å². The van der Waals surface area contributed by atoms with Crippen molar-refractivity contribution in [1.29, 1.82) is 0 Å². The average molecular weight is 361 g/mol. The lowest BCUT2D eigenvalue weighted by molar-refractivity contribution is 0.0694. The Morgan fingerprint density at radius 3 is 2.38 bits per heavy atom. The van der Waals surface area contributed by atoms with Crippen molar-refractivity contribution in [2.45, 2.75) is 65.5 Å². The van der Waals surface area contributed by atoms with E-state index in [4.69, 9.17) is 0 Å². The summed E-state index contributed by atoms with van der Waals surface area (Å²) >= 11 is 0. The van der Waals surface area contributed by atoms with Gasteiger partial charge in [-0.05, 0) is 25.7 Å². The molecule has 1 aromatic heterocycles. The van der Waals surface area contributed by atoms with Crippen LogP contribution in [0.25, 0.3) is 0 Å². The number of nitrogens with one attached hydrogen (secondary N) is 1. The standard InChI is InChI=1S/C20H31N3O3/c1-5-21-19(25)16-12-23(11-14(2)3)13-17(18(16)24)20(26)22(4)15-9-7-6-8-10-15/h12-15H,5-11H2,1-4H3,(H,21,25). The van der Waals surface area contributed by atoms with Gasteiger partial charge in [-0.3, -0.25) is 14.4 Å². The molecule has 0 atom stereocenters. The summed E-state index contributed by atoms with van der Waals surface area (Å²) in [7, 11) is 1.77. The van der Waals surface area contributed by atoms with Gasteiger partial charge in [-0.25, -0.2) is 0 Å². The van der Waals surface area contributed by atoms with Crippen LogP contribution in [0, 0.1) is 5.92 Å². The van der Waals surface area contributed by atoms with Crippen molar-refractivity contribution in [2.75, 3.05) is 13.6 Å². The molecule has 1 aliphatic rings. The van der Waals surface area contributed by atoms with Crippen molar-refractivity contribution in [2.24, 2.45) is 5.92 Å². The Labute approximate surface area is 155 Å². The van der Waals surface area contributed by atoms with Crippen molar-refractivity contribution in [3.63, 3.8) is 0 Å². The molecular formula is C20H31N3O3. The molecule has 1 fully saturated rings. The number of rotatable bonds is 6. The Hall–Kier alpha value is -2.11. The Bertz CT molecular complexity index is 703. The molecule has 0 unspecified atom stereocenters. The van der Waals surface area contributed by atoms with E-state index in [0.29, 0.717) is 19.0 Å². The quantitative estimate of drug-likeness (QED) is 0.847. The lowest BCUT2D eigenvalue weighted by Gasteiger charge is -2.31. The van der Waals surface area contributed by atoms with Gasteiger partial charge in [0.25, 0.3) is 11.8 Å². The molecule has 0 spiro atoms. The first kappa shape index (κ1) is 20.2. The van der Waals surface area contributed by atoms with Crippen molar-refractivity contribution < 1.29 is 9.59 Å². The van der Waals surface area contributed by atoms with Gasteiger partial charge < -0.3 is 14.8 Å². The van der Waals surface area contributed by atoms with Gasteiger partial charge in [-0.1, -0.05) is 33.1 Å². The molecular weight excluding hydrogens is 330 g/mol. The highest BCUT2D eigenvalue weighted by molar-refractivity contribution is 5.99. The molecule has 144 valence electrons. The third kappa shape index (κ3) is 4.74. The summed E-state index contributed by atoms with van der Waals surface area (Å²) in [6.45, 7) is 6.98. The minimum absolute atomic E-state index is 0.0374. The topological polar surface area (TPSA) is 71.4 Å². The van der Waals surface area contributed by atoms with E-state index < -0.39 is 11.3 Å². The molecule has 6 nitrogen and oxygen atoms in total. The molecule has 0 bridgehead atoms. The van der Waals surface area contributed by atoms with E-state index in [-0.39, 0.29) is 23.1 Å². The first-order chi connectivity index (χ1) is 12.3. The predicted molar refractivity (Wildman–Crippen MR) is 103 cm³/mol. The fourth-order valence-electron chi connectivity index (χ4n) is 3.55. The summed E-state index contributed by atoms with van der Waals surface area (Å²) in [5.74, 6) is -0.380. The van der Waals surface area contributed by atoms with Gasteiger partial charge in [0.05, 0.1) is 0 Å².